The van der Waals surface area contributed by atoms with Crippen molar-refractivity contribution in [2.24, 2.45) is 0 Å². The van der Waals surface area contributed by atoms with Crippen molar-refractivity contribution in [2.75, 3.05) is 0 Å². The molecule has 0 saturated carbocycles. The van der Waals surface area contributed by atoms with Gasteiger partial charge in [-0.15, -0.1) is 0 Å². The molecule has 24 aromatic rings. The van der Waals surface area contributed by atoms with Gasteiger partial charge in [-0.1, -0.05) is 218 Å². The van der Waals surface area contributed by atoms with E-state index in [0.29, 0.717) is 28.6 Å². The van der Waals surface area contributed by atoms with E-state index < -0.39 is 0 Å². The first-order valence-electron chi connectivity index (χ1n) is 35.1. The Morgan fingerprint density at radius 1 is 0.233 bits per heavy atom. The molecule has 0 unspecified atom stereocenters. The Labute approximate surface area is 585 Å². The van der Waals surface area contributed by atoms with Crippen LogP contribution in [0.5, 0.6) is 0 Å². The van der Waals surface area contributed by atoms with E-state index in [2.05, 4.69) is 333 Å². The minimum Gasteiger partial charge on any atom is -0.450 e. The lowest BCUT2D eigenvalue weighted by molar-refractivity contribution is 0.662. The van der Waals surface area contributed by atoms with Gasteiger partial charge in [0.15, 0.2) is 23.0 Å². The van der Waals surface area contributed by atoms with Crippen LogP contribution in [0.1, 0.15) is 0 Å². The molecule has 0 amide bonds. The number of nitrogens with zero attached hydrogens (tertiary/aromatic N) is 8. The van der Waals surface area contributed by atoms with Crippen molar-refractivity contribution in [1.82, 2.24) is 37.9 Å². The molecule has 0 N–H and O–H groups in total. The van der Waals surface area contributed by atoms with Crippen LogP contribution in [0.15, 0.2) is 320 Å². The highest BCUT2D eigenvalue weighted by Crippen LogP contribution is 2.51. The molecule has 474 valence electrons. The zero-order valence-electron chi connectivity index (χ0n) is 55.0. The van der Waals surface area contributed by atoms with Gasteiger partial charge in [0.05, 0.1) is 60.7 Å². The smallest absolute Gasteiger partial charge is 0.197 e. The first-order valence-corrected chi connectivity index (χ1v) is 35.1. The Morgan fingerprint density at radius 3 is 1.46 bits per heavy atom. The van der Waals surface area contributed by atoms with Gasteiger partial charge in [0.25, 0.3) is 0 Å². The molecule has 0 aliphatic rings. The van der Waals surface area contributed by atoms with Crippen molar-refractivity contribution in [2.45, 2.75) is 0 Å². The molecule has 0 atom stereocenters. The maximum absolute atomic E-state index is 7.31. The number of rotatable bonds is 7. The zero-order valence-corrected chi connectivity index (χ0v) is 55.0. The lowest BCUT2D eigenvalue weighted by atomic mass is 9.99. The maximum Gasteiger partial charge on any atom is 0.197 e. The number of benzene rings is 15. The van der Waals surface area contributed by atoms with E-state index in [1.54, 1.807) is 0 Å². The number of fused-ring (bicyclic) bond motifs is 25. The molecule has 0 radical (unpaired) electrons. The number of para-hydroxylation sites is 5. The number of aromatic nitrogens is 8. The lowest BCUT2D eigenvalue weighted by Gasteiger charge is -2.13. The van der Waals surface area contributed by atoms with Crippen LogP contribution in [0.4, 0.5) is 0 Å². The number of hydrogen-bond acceptors (Lipinski definition) is 5. The summed E-state index contributed by atoms with van der Waals surface area (Å²) < 4.78 is 17.0. The fourth-order valence-corrected chi connectivity index (χ4v) is 17.7. The predicted octanol–water partition coefficient (Wildman–Crippen LogP) is 24.3. The largest absolute Gasteiger partial charge is 0.450 e. The fourth-order valence-electron chi connectivity index (χ4n) is 17.7. The topological polar surface area (TPSA) is 83.4 Å². The van der Waals surface area contributed by atoms with Crippen LogP contribution < -0.4 is 0 Å². The second-order valence-electron chi connectivity index (χ2n) is 27.6. The first kappa shape index (κ1) is 54.9. The molecule has 0 aliphatic heterocycles. The highest BCUT2D eigenvalue weighted by atomic mass is 16.3. The molecule has 15 aromatic carbocycles. The molecule has 0 aliphatic carbocycles. The summed E-state index contributed by atoms with van der Waals surface area (Å²) in [7, 11) is 0. The molecule has 103 heavy (non-hydrogen) atoms. The Balaban J connectivity index is 0.731. The van der Waals surface area contributed by atoms with Gasteiger partial charge in [-0.3, -0.25) is 9.13 Å². The van der Waals surface area contributed by atoms with Gasteiger partial charge in [0.1, 0.15) is 16.9 Å². The van der Waals surface area contributed by atoms with E-state index in [1.807, 2.05) is 0 Å². The second-order valence-corrected chi connectivity index (χ2v) is 27.6. The highest BCUT2D eigenvalue weighted by molar-refractivity contribution is 6.37. The second kappa shape index (κ2) is 20.3. The third-order valence-corrected chi connectivity index (χ3v) is 22.2. The van der Waals surface area contributed by atoms with Crippen molar-refractivity contribution in [3.63, 3.8) is 0 Å². The van der Waals surface area contributed by atoms with Crippen LogP contribution in [0.25, 0.3) is 231 Å². The molecule has 9 heterocycles. The summed E-state index contributed by atoms with van der Waals surface area (Å²) in [4.78, 5) is 22.6. The summed E-state index contributed by atoms with van der Waals surface area (Å²) in [6.07, 6.45) is 0. The summed E-state index contributed by atoms with van der Waals surface area (Å²) in [6.45, 7) is 0. The third kappa shape index (κ3) is 7.53. The molecular weight excluding hydrogens is 1260 g/mol. The zero-order chi connectivity index (χ0) is 66.9. The van der Waals surface area contributed by atoms with Crippen LogP contribution in [-0.2, 0) is 0 Å². The van der Waals surface area contributed by atoms with E-state index in [1.165, 1.54) is 76.2 Å². The molecule has 0 spiro atoms. The number of furan rings is 1. The van der Waals surface area contributed by atoms with Gasteiger partial charge in [-0.05, 0) is 141 Å². The Hall–Kier alpha value is -14.0. The van der Waals surface area contributed by atoms with Crippen molar-refractivity contribution < 1.29 is 4.42 Å². The Bertz CT molecular complexity index is 7810. The van der Waals surface area contributed by atoms with E-state index in [4.69, 9.17) is 24.4 Å². The average Bonchev–Trinajstić information content (AvgIpc) is 1.52. The van der Waals surface area contributed by atoms with Crippen molar-refractivity contribution in [1.29, 1.82) is 0 Å². The van der Waals surface area contributed by atoms with Crippen LogP contribution in [0.2, 0.25) is 0 Å². The summed E-state index contributed by atoms with van der Waals surface area (Å²) >= 11 is 0. The third-order valence-electron chi connectivity index (χ3n) is 22.2. The normalized spacial score (nSPS) is 12.5. The van der Waals surface area contributed by atoms with Gasteiger partial charge in [-0.2, -0.15) is 0 Å². The summed E-state index contributed by atoms with van der Waals surface area (Å²) in [5.74, 6) is 2.70. The molecule has 0 bridgehead atoms. The molecule has 24 rings (SSSR count). The van der Waals surface area contributed by atoms with Crippen LogP contribution >= 0.6 is 0 Å². The van der Waals surface area contributed by atoms with Crippen molar-refractivity contribution >= 4 is 164 Å². The van der Waals surface area contributed by atoms with Gasteiger partial charge in [-0.25, -0.2) is 19.9 Å². The maximum atomic E-state index is 7.31. The molecule has 0 fully saturated rings. The van der Waals surface area contributed by atoms with Crippen LogP contribution in [0.3, 0.4) is 0 Å². The fraction of sp³-hybridized carbons (Fsp3) is 0. The van der Waals surface area contributed by atoms with Gasteiger partial charge in [0.2, 0.25) is 0 Å². The standard InChI is InChI=1S/C94H52N8O/c1-3-20-53(21-4-1)58-40-43-79-68(48-58)70-51-69-63-28-10-15-34-75(63)100-78-37-18-13-32-67(78)85(88(69)100)89(70)102(79)94-90-86(96-92(98-94)62-39-38-55-24-7-8-25-56(55)46-62)73-50-60(42-45-82(73)103-90)57-26-19-27-61(47-57)91-95-74-33-14-9-30-65(74)93(97-91)101-80-44-41-59(54-22-5-2-6-23-54)49-72(80)83-81(101)52-71-64-29-11-16-35-76(64)99-77-36-17-12-31-66(77)84(83)87(71)99/h1-52H. The Morgan fingerprint density at radius 2 is 0.728 bits per heavy atom. The molecule has 9 nitrogen and oxygen atoms in total. The first-order chi connectivity index (χ1) is 51.1. The highest BCUT2D eigenvalue weighted by Gasteiger charge is 2.30. The molecular formula is C94H52N8O. The average molecular weight is 1310 g/mol. The van der Waals surface area contributed by atoms with Crippen LogP contribution in [0, 0.1) is 0 Å². The van der Waals surface area contributed by atoms with E-state index >= 15 is 0 Å². The number of hydrogen-bond donors (Lipinski definition) is 0. The van der Waals surface area contributed by atoms with E-state index in [0.717, 1.165) is 126 Å². The van der Waals surface area contributed by atoms with Gasteiger partial charge < -0.3 is 13.2 Å². The minimum absolute atomic E-state index is 0.596. The van der Waals surface area contributed by atoms with Crippen molar-refractivity contribution in [3.05, 3.63) is 315 Å². The minimum atomic E-state index is 0.596. The lowest BCUT2D eigenvalue weighted by Crippen LogP contribution is -2.02. The summed E-state index contributed by atoms with van der Waals surface area (Å²) in [6, 6.07) is 114. The summed E-state index contributed by atoms with van der Waals surface area (Å²) in [5, 5.41) is 18.3. The Kier molecular flexibility index (Phi) is 10.8. The SMILES string of the molecule is c1ccc(-c2ccc3c(c2)c2c4c5ccccc5n5c6ccccc6c(cc2n3-c2nc(-c3cccc(-c6ccc7oc8c(-n9c%10ccc(-c%11ccccc%11)cc%10c%10cc%11c%12ccccc%12n%12c%13ccccc%13c(c%109)c%11%12)nc(-c9ccc%10ccccc%10c9)nc8c7c6)c3)nc3ccccc23)c45)cc1. The monoisotopic (exact) mass is 1310 g/mol. The van der Waals surface area contributed by atoms with Crippen molar-refractivity contribution in [3.8, 4) is 67.8 Å². The molecule has 9 aromatic heterocycles. The molecule has 9 heteroatoms. The predicted molar refractivity (Wildman–Crippen MR) is 425 cm³/mol. The summed E-state index contributed by atoms with van der Waals surface area (Å²) in [5.41, 5.74) is 22.6. The van der Waals surface area contributed by atoms with Gasteiger partial charge >= 0.3 is 0 Å². The van der Waals surface area contributed by atoms with E-state index in [9.17, 15) is 0 Å². The quantitative estimate of drug-likeness (QED) is 0.159. The molecule has 0 saturated heterocycles. The van der Waals surface area contributed by atoms with Gasteiger partial charge in [0, 0.05) is 86.5 Å². The van der Waals surface area contributed by atoms with E-state index in [-0.39, 0.29) is 0 Å². The van der Waals surface area contributed by atoms with Crippen LogP contribution in [-0.4, -0.2) is 37.9 Å².